The fraction of sp³-hybridized carbons (Fsp3) is 0.273. The average Bonchev–Trinajstić information content (AvgIpc) is 2.16. The maximum absolute atomic E-state index is 11.3. The van der Waals surface area contributed by atoms with Crippen LogP contribution in [0, 0.1) is 0 Å². The Bertz CT molecular complexity index is 387. The van der Waals surface area contributed by atoms with E-state index in [0.717, 1.165) is 5.56 Å². The molecule has 0 aliphatic heterocycles. The van der Waals surface area contributed by atoms with Crippen LogP contribution in [-0.4, -0.2) is 12.1 Å². The highest BCUT2D eigenvalue weighted by molar-refractivity contribution is 5.92. The molecule has 86 valence electrons. The first-order chi connectivity index (χ1) is 7.42. The van der Waals surface area contributed by atoms with Gasteiger partial charge < -0.3 is 11.1 Å². The topological polar surface area (TPSA) is 84.2 Å². The van der Waals surface area contributed by atoms with E-state index >= 15 is 0 Å². The molecule has 0 aromatic heterocycles. The smallest absolute Gasteiger partial charge is 0.323 e. The van der Waals surface area contributed by atoms with E-state index in [9.17, 15) is 9.59 Å². The van der Waals surface area contributed by atoms with E-state index < -0.39 is 17.6 Å². The summed E-state index contributed by atoms with van der Waals surface area (Å²) in [5, 5.41) is 4.61. The number of primary amides is 1. The minimum atomic E-state index is -0.874. The summed E-state index contributed by atoms with van der Waals surface area (Å²) in [6, 6.07) is 7.95. The lowest BCUT2D eigenvalue weighted by atomic mass is 9.95. The molecule has 1 aromatic carbocycles. The van der Waals surface area contributed by atoms with Crippen LogP contribution in [-0.2, 0) is 5.54 Å². The average molecular weight is 221 g/mol. The second-order valence-electron chi connectivity index (χ2n) is 3.93. The van der Waals surface area contributed by atoms with Crippen LogP contribution in [0.15, 0.2) is 30.3 Å². The molecule has 4 N–H and O–H groups in total. The van der Waals surface area contributed by atoms with Gasteiger partial charge in [0.2, 0.25) is 0 Å². The van der Waals surface area contributed by atoms with Gasteiger partial charge in [0.15, 0.2) is 0 Å². The maximum Gasteiger partial charge on any atom is 0.323 e. The van der Waals surface area contributed by atoms with Gasteiger partial charge in [0.25, 0.3) is 0 Å². The van der Waals surface area contributed by atoms with Gasteiger partial charge >= 0.3 is 12.1 Å². The van der Waals surface area contributed by atoms with Gasteiger partial charge in [-0.05, 0) is 19.4 Å². The van der Waals surface area contributed by atoms with Gasteiger partial charge in [-0.2, -0.15) is 0 Å². The van der Waals surface area contributed by atoms with Crippen molar-refractivity contribution in [1.29, 1.82) is 0 Å². The normalized spacial score (nSPS) is 10.6. The van der Waals surface area contributed by atoms with E-state index in [1.165, 1.54) is 0 Å². The van der Waals surface area contributed by atoms with Crippen molar-refractivity contribution >= 4 is 12.1 Å². The van der Waals surface area contributed by atoms with Gasteiger partial charge in [0.1, 0.15) is 0 Å². The molecular formula is C11H15N3O2. The molecule has 0 bridgehead atoms. The molecule has 0 saturated heterocycles. The van der Waals surface area contributed by atoms with Crippen LogP contribution >= 0.6 is 0 Å². The summed E-state index contributed by atoms with van der Waals surface area (Å²) in [6.45, 7) is 3.67. The highest BCUT2D eigenvalue weighted by atomic mass is 16.2. The fourth-order valence-electron chi connectivity index (χ4n) is 1.35. The Morgan fingerprint density at radius 3 is 2.25 bits per heavy atom. The fourth-order valence-corrected chi connectivity index (χ4v) is 1.35. The quantitative estimate of drug-likeness (QED) is 0.703. The molecular weight excluding hydrogens is 206 g/mol. The molecule has 0 radical (unpaired) electrons. The summed E-state index contributed by atoms with van der Waals surface area (Å²) in [5.41, 5.74) is 5.21. The molecule has 0 spiro atoms. The lowest BCUT2D eigenvalue weighted by Gasteiger charge is -2.26. The van der Waals surface area contributed by atoms with Gasteiger partial charge in [-0.3, -0.25) is 5.32 Å². The first-order valence-corrected chi connectivity index (χ1v) is 4.86. The zero-order valence-electron chi connectivity index (χ0n) is 9.28. The van der Waals surface area contributed by atoms with E-state index in [2.05, 4.69) is 5.32 Å². The highest BCUT2D eigenvalue weighted by Crippen LogP contribution is 2.18. The molecule has 0 unspecified atom stereocenters. The Balaban J connectivity index is 2.72. The molecule has 5 nitrogen and oxygen atoms in total. The number of urea groups is 2. The number of nitrogens with two attached hydrogens (primary N) is 1. The molecule has 0 saturated carbocycles. The Kier molecular flexibility index (Phi) is 3.50. The second-order valence-corrected chi connectivity index (χ2v) is 3.93. The summed E-state index contributed by atoms with van der Waals surface area (Å²) in [4.78, 5) is 21.8. The number of hydrogen-bond acceptors (Lipinski definition) is 2. The van der Waals surface area contributed by atoms with Crippen LogP contribution in [0.25, 0.3) is 0 Å². The molecule has 4 amide bonds. The second kappa shape index (κ2) is 4.65. The van der Waals surface area contributed by atoms with E-state index in [-0.39, 0.29) is 0 Å². The van der Waals surface area contributed by atoms with Crippen LogP contribution in [0.2, 0.25) is 0 Å². The monoisotopic (exact) mass is 221 g/mol. The molecule has 0 atom stereocenters. The Hall–Kier alpha value is -2.04. The molecule has 0 fully saturated rings. The van der Waals surface area contributed by atoms with Crippen molar-refractivity contribution in [1.82, 2.24) is 10.6 Å². The molecule has 16 heavy (non-hydrogen) atoms. The zero-order valence-corrected chi connectivity index (χ0v) is 9.28. The largest absolute Gasteiger partial charge is 0.351 e. The van der Waals surface area contributed by atoms with E-state index in [1.807, 2.05) is 49.5 Å². The van der Waals surface area contributed by atoms with Crippen LogP contribution in [0.5, 0.6) is 0 Å². The van der Waals surface area contributed by atoms with Crippen molar-refractivity contribution in [3.8, 4) is 0 Å². The summed E-state index contributed by atoms with van der Waals surface area (Å²) in [5.74, 6) is 0. The summed E-state index contributed by atoms with van der Waals surface area (Å²) in [7, 11) is 0. The van der Waals surface area contributed by atoms with Crippen molar-refractivity contribution in [2.75, 3.05) is 0 Å². The van der Waals surface area contributed by atoms with Crippen molar-refractivity contribution < 1.29 is 9.59 Å². The summed E-state index contributed by atoms with van der Waals surface area (Å²) in [6.07, 6.45) is 0. The van der Waals surface area contributed by atoms with Crippen molar-refractivity contribution in [2.45, 2.75) is 19.4 Å². The summed E-state index contributed by atoms with van der Waals surface area (Å²) >= 11 is 0. The number of nitrogens with one attached hydrogen (secondary N) is 2. The maximum atomic E-state index is 11.3. The molecule has 0 aliphatic carbocycles. The lowest BCUT2D eigenvalue weighted by molar-refractivity contribution is 0.224. The molecule has 5 heteroatoms. The summed E-state index contributed by atoms with van der Waals surface area (Å²) < 4.78 is 0. The van der Waals surface area contributed by atoms with Gasteiger partial charge in [0.05, 0.1) is 5.54 Å². The van der Waals surface area contributed by atoms with Crippen molar-refractivity contribution in [2.24, 2.45) is 5.73 Å². The van der Waals surface area contributed by atoms with E-state index in [4.69, 9.17) is 5.73 Å². The first-order valence-electron chi connectivity index (χ1n) is 4.86. The SMILES string of the molecule is CC(C)(NC(=O)NC(N)=O)c1ccccc1. The predicted molar refractivity (Wildman–Crippen MR) is 60.7 cm³/mol. The lowest BCUT2D eigenvalue weighted by Crippen LogP contribution is -2.49. The number of imide groups is 1. The predicted octanol–water partition coefficient (Wildman–Crippen LogP) is 1.30. The molecule has 0 aliphatic rings. The number of rotatable bonds is 2. The van der Waals surface area contributed by atoms with Gasteiger partial charge in [-0.15, -0.1) is 0 Å². The Morgan fingerprint density at radius 1 is 1.19 bits per heavy atom. The standard InChI is InChI=1S/C11H15N3O2/c1-11(2,8-6-4-3-5-7-8)14-10(16)13-9(12)15/h3-7H,1-2H3,(H4,12,13,14,15,16). The van der Waals surface area contributed by atoms with Gasteiger partial charge in [-0.25, -0.2) is 9.59 Å². The van der Waals surface area contributed by atoms with E-state index in [1.54, 1.807) is 0 Å². The Labute approximate surface area is 94.0 Å². The van der Waals surface area contributed by atoms with Crippen LogP contribution in [0.4, 0.5) is 9.59 Å². The molecule has 0 heterocycles. The van der Waals surface area contributed by atoms with Gasteiger partial charge in [-0.1, -0.05) is 30.3 Å². The third-order valence-electron chi connectivity index (χ3n) is 2.16. The highest BCUT2D eigenvalue weighted by Gasteiger charge is 2.22. The molecule has 1 aromatic rings. The number of amides is 4. The third kappa shape index (κ3) is 3.27. The minimum Gasteiger partial charge on any atom is -0.351 e. The number of hydrogen-bond donors (Lipinski definition) is 3. The zero-order chi connectivity index (χ0) is 12.2. The number of benzene rings is 1. The van der Waals surface area contributed by atoms with Crippen molar-refractivity contribution in [3.63, 3.8) is 0 Å². The number of carbonyl (C=O) groups excluding carboxylic acids is 2. The number of carbonyl (C=O) groups is 2. The Morgan fingerprint density at radius 2 is 1.75 bits per heavy atom. The van der Waals surface area contributed by atoms with Crippen LogP contribution in [0.3, 0.4) is 0 Å². The van der Waals surface area contributed by atoms with E-state index in [0.29, 0.717) is 0 Å². The minimum absolute atomic E-state index is 0.569. The van der Waals surface area contributed by atoms with Crippen LogP contribution in [0.1, 0.15) is 19.4 Å². The van der Waals surface area contributed by atoms with Crippen molar-refractivity contribution in [3.05, 3.63) is 35.9 Å². The molecule has 1 rings (SSSR count). The first kappa shape index (κ1) is 12.0. The van der Waals surface area contributed by atoms with Crippen LogP contribution < -0.4 is 16.4 Å². The van der Waals surface area contributed by atoms with Gasteiger partial charge in [0, 0.05) is 0 Å². The third-order valence-corrected chi connectivity index (χ3v) is 2.16.